The van der Waals surface area contributed by atoms with Gasteiger partial charge in [0.05, 0.1) is 17.5 Å². The molecule has 1 N–H and O–H groups in total. The van der Waals surface area contributed by atoms with Crippen LogP contribution in [-0.2, 0) is 16.8 Å². The van der Waals surface area contributed by atoms with Gasteiger partial charge in [-0.25, -0.2) is 0 Å². The summed E-state index contributed by atoms with van der Waals surface area (Å²) < 4.78 is 0. The van der Waals surface area contributed by atoms with Gasteiger partial charge in [-0.1, -0.05) is 60.7 Å². The van der Waals surface area contributed by atoms with E-state index in [1.165, 1.54) is 0 Å². The van der Waals surface area contributed by atoms with Gasteiger partial charge >= 0.3 is 0 Å². The van der Waals surface area contributed by atoms with Gasteiger partial charge < -0.3 is 10.2 Å². The molecule has 2 aromatic carbocycles. The number of carbonyl (C=O) groups is 1. The van der Waals surface area contributed by atoms with E-state index >= 15 is 0 Å². The van der Waals surface area contributed by atoms with E-state index in [0.717, 1.165) is 28.7 Å². The Labute approximate surface area is 161 Å². The van der Waals surface area contributed by atoms with Gasteiger partial charge in [0.1, 0.15) is 5.82 Å². The lowest BCUT2D eigenvalue weighted by Crippen LogP contribution is -2.57. The Bertz CT molecular complexity index is 910. The molecule has 3 rings (SSSR count). The van der Waals surface area contributed by atoms with Crippen LogP contribution in [0.3, 0.4) is 0 Å². The van der Waals surface area contributed by atoms with Crippen LogP contribution in [0.15, 0.2) is 60.9 Å². The van der Waals surface area contributed by atoms with Gasteiger partial charge in [-0.3, -0.25) is 4.79 Å². The summed E-state index contributed by atoms with van der Waals surface area (Å²) >= 11 is 0. The van der Waals surface area contributed by atoms with Crippen LogP contribution < -0.4 is 5.32 Å². The van der Waals surface area contributed by atoms with Crippen LogP contribution in [0, 0.1) is 18.3 Å². The molecule has 1 heterocycles. The standard InChI is InChI=1S/C23H25N3O/c1-16-7-5-9-20(15-16)23(3)21(22(27)26(4)17(2)25-23)19-12-10-18(11-13-19)8-6-14-24/h5,7,9-13,15,21,25H,2,6,8H2,1,3-4H3/t21-,23+/m0/s1. The number of nitriles is 1. The third kappa shape index (κ3) is 3.46. The second-order valence-electron chi connectivity index (χ2n) is 7.37. The summed E-state index contributed by atoms with van der Waals surface area (Å²) in [5.74, 6) is 0.248. The minimum Gasteiger partial charge on any atom is -0.362 e. The van der Waals surface area contributed by atoms with E-state index in [4.69, 9.17) is 5.26 Å². The molecule has 4 nitrogen and oxygen atoms in total. The summed E-state index contributed by atoms with van der Waals surface area (Å²) in [4.78, 5) is 14.8. The minimum absolute atomic E-state index is 0.0209. The second kappa shape index (κ2) is 7.28. The lowest BCUT2D eigenvalue weighted by molar-refractivity contribution is -0.134. The highest BCUT2D eigenvalue weighted by molar-refractivity contribution is 5.88. The molecule has 0 unspecified atom stereocenters. The van der Waals surface area contributed by atoms with Crippen LogP contribution in [0.1, 0.15) is 41.5 Å². The van der Waals surface area contributed by atoms with E-state index in [1.54, 1.807) is 11.9 Å². The molecule has 1 aliphatic heterocycles. The smallest absolute Gasteiger partial charge is 0.238 e. The summed E-state index contributed by atoms with van der Waals surface area (Å²) in [5.41, 5.74) is 3.67. The molecular formula is C23H25N3O. The Morgan fingerprint density at radius 2 is 1.96 bits per heavy atom. The van der Waals surface area contributed by atoms with Crippen LogP contribution in [0.4, 0.5) is 0 Å². The van der Waals surface area contributed by atoms with E-state index in [-0.39, 0.29) is 11.8 Å². The van der Waals surface area contributed by atoms with Gasteiger partial charge in [0.15, 0.2) is 0 Å². The van der Waals surface area contributed by atoms with Crippen molar-refractivity contribution in [3.8, 4) is 6.07 Å². The predicted octanol–water partition coefficient (Wildman–Crippen LogP) is 3.98. The fraction of sp³-hybridized carbons (Fsp3) is 0.304. The van der Waals surface area contributed by atoms with E-state index < -0.39 is 5.54 Å². The molecule has 0 radical (unpaired) electrons. The molecule has 0 saturated carbocycles. The van der Waals surface area contributed by atoms with Gasteiger partial charge in [-0.15, -0.1) is 0 Å². The number of hydrogen-bond donors (Lipinski definition) is 1. The average Bonchev–Trinajstić information content (AvgIpc) is 2.65. The quantitative estimate of drug-likeness (QED) is 0.898. The third-order valence-electron chi connectivity index (χ3n) is 5.42. The van der Waals surface area contributed by atoms with Crippen molar-refractivity contribution in [1.29, 1.82) is 5.26 Å². The number of likely N-dealkylation sites (N-methyl/N-ethyl adjacent to an activating group) is 1. The van der Waals surface area contributed by atoms with Crippen LogP contribution in [0.25, 0.3) is 0 Å². The van der Waals surface area contributed by atoms with Crippen molar-refractivity contribution in [3.63, 3.8) is 0 Å². The highest BCUT2D eigenvalue weighted by Crippen LogP contribution is 2.42. The van der Waals surface area contributed by atoms with E-state index in [0.29, 0.717) is 12.2 Å². The largest absolute Gasteiger partial charge is 0.362 e. The normalized spacial score (nSPS) is 22.3. The molecule has 1 aliphatic rings. The molecule has 0 aliphatic carbocycles. The first-order valence-electron chi connectivity index (χ1n) is 9.14. The number of aryl methyl sites for hydroxylation is 2. The highest BCUT2D eigenvalue weighted by atomic mass is 16.2. The van der Waals surface area contributed by atoms with E-state index in [2.05, 4.69) is 50.0 Å². The van der Waals surface area contributed by atoms with Crippen LogP contribution in [0.5, 0.6) is 0 Å². The van der Waals surface area contributed by atoms with Gasteiger partial charge in [-0.05, 0) is 37.0 Å². The van der Waals surface area contributed by atoms with E-state index in [9.17, 15) is 4.79 Å². The Kier molecular flexibility index (Phi) is 5.05. The van der Waals surface area contributed by atoms with Crippen LogP contribution in [0.2, 0.25) is 0 Å². The molecule has 2 aromatic rings. The maximum Gasteiger partial charge on any atom is 0.238 e. The van der Waals surface area contributed by atoms with Crippen LogP contribution in [-0.4, -0.2) is 17.9 Å². The van der Waals surface area contributed by atoms with Gasteiger partial charge in [0, 0.05) is 13.5 Å². The summed E-state index contributed by atoms with van der Waals surface area (Å²) in [6, 6.07) is 18.5. The zero-order chi connectivity index (χ0) is 19.6. The lowest BCUT2D eigenvalue weighted by Gasteiger charge is -2.47. The van der Waals surface area contributed by atoms with Crippen molar-refractivity contribution >= 4 is 5.91 Å². The Hall–Kier alpha value is -3.06. The maximum absolute atomic E-state index is 13.2. The zero-order valence-corrected chi connectivity index (χ0v) is 16.1. The number of nitrogens with one attached hydrogen (secondary N) is 1. The number of hydrogen-bond acceptors (Lipinski definition) is 3. The van der Waals surface area contributed by atoms with Crippen molar-refractivity contribution in [2.24, 2.45) is 0 Å². The number of nitrogens with zero attached hydrogens (tertiary/aromatic N) is 2. The molecule has 138 valence electrons. The molecule has 1 fully saturated rings. The fourth-order valence-electron chi connectivity index (χ4n) is 3.79. The van der Waals surface area contributed by atoms with Crippen LogP contribution >= 0.6 is 0 Å². The number of amides is 1. The molecule has 27 heavy (non-hydrogen) atoms. The third-order valence-corrected chi connectivity index (χ3v) is 5.42. The number of rotatable bonds is 4. The zero-order valence-electron chi connectivity index (χ0n) is 16.1. The maximum atomic E-state index is 13.2. The molecule has 2 atom stereocenters. The topological polar surface area (TPSA) is 56.1 Å². The highest BCUT2D eigenvalue weighted by Gasteiger charge is 2.47. The molecule has 0 spiro atoms. The van der Waals surface area contributed by atoms with Crippen molar-refractivity contribution in [2.45, 2.75) is 38.1 Å². The summed E-state index contributed by atoms with van der Waals surface area (Å²) in [6.07, 6.45) is 1.21. The molecule has 0 aromatic heterocycles. The summed E-state index contributed by atoms with van der Waals surface area (Å²) in [6.45, 7) is 8.14. The fourth-order valence-corrected chi connectivity index (χ4v) is 3.79. The molecule has 0 bridgehead atoms. The minimum atomic E-state index is -0.596. The van der Waals surface area contributed by atoms with Crippen molar-refractivity contribution in [2.75, 3.05) is 7.05 Å². The lowest BCUT2D eigenvalue weighted by atomic mass is 9.73. The first-order chi connectivity index (χ1) is 12.9. The Balaban J connectivity index is 2.06. The Morgan fingerprint density at radius 1 is 1.26 bits per heavy atom. The second-order valence-corrected chi connectivity index (χ2v) is 7.37. The molecule has 1 amide bonds. The first kappa shape index (κ1) is 18.7. The monoisotopic (exact) mass is 359 g/mol. The SMILES string of the molecule is C=C1N[C@](C)(c2cccc(C)c2)[C@@H](c2ccc(CCC#N)cc2)C(=O)N1C. The van der Waals surface area contributed by atoms with Crippen molar-refractivity contribution in [3.05, 3.63) is 83.2 Å². The van der Waals surface area contributed by atoms with E-state index in [1.807, 2.05) is 30.3 Å². The van der Waals surface area contributed by atoms with Gasteiger partial charge in [0.25, 0.3) is 0 Å². The molecular weight excluding hydrogens is 334 g/mol. The Morgan fingerprint density at radius 3 is 2.59 bits per heavy atom. The number of carbonyl (C=O) groups excluding carboxylic acids is 1. The summed E-state index contributed by atoms with van der Waals surface area (Å²) in [7, 11) is 1.75. The van der Waals surface area contributed by atoms with Crippen molar-refractivity contribution < 1.29 is 4.79 Å². The molecule has 4 heteroatoms. The summed E-state index contributed by atoms with van der Waals surface area (Å²) in [5, 5.41) is 12.3. The van der Waals surface area contributed by atoms with Crippen molar-refractivity contribution in [1.82, 2.24) is 10.2 Å². The predicted molar refractivity (Wildman–Crippen MR) is 107 cm³/mol. The average molecular weight is 359 g/mol. The van der Waals surface area contributed by atoms with Gasteiger partial charge in [-0.2, -0.15) is 5.26 Å². The molecule has 1 saturated heterocycles. The number of benzene rings is 2. The van der Waals surface area contributed by atoms with Gasteiger partial charge in [0.2, 0.25) is 5.91 Å². The first-order valence-corrected chi connectivity index (χ1v) is 9.14.